The molecule has 1 aliphatic carbocycles. The Kier molecular flexibility index (Phi) is 4.16. The molecule has 0 radical (unpaired) electrons. The topological polar surface area (TPSA) is 30.5 Å². The van der Waals surface area contributed by atoms with Crippen molar-refractivity contribution in [2.75, 3.05) is 13.7 Å². The zero-order valence-electron chi connectivity index (χ0n) is 11.6. The third kappa shape index (κ3) is 3.35. The van der Waals surface area contributed by atoms with E-state index in [0.717, 1.165) is 25.5 Å². The monoisotopic (exact) mass is 261 g/mol. The van der Waals surface area contributed by atoms with Crippen molar-refractivity contribution in [1.82, 2.24) is 5.32 Å². The van der Waals surface area contributed by atoms with Crippen molar-refractivity contribution in [2.24, 2.45) is 5.92 Å². The highest BCUT2D eigenvalue weighted by molar-refractivity contribution is 5.23. The molecule has 104 valence electrons. The molecule has 1 aliphatic heterocycles. The van der Waals surface area contributed by atoms with Gasteiger partial charge in [0.1, 0.15) is 0 Å². The molecule has 2 unspecified atom stereocenters. The highest BCUT2D eigenvalue weighted by atomic mass is 16.5. The SMILES string of the molecule is COCc1cccc(CNC2CCOC2C2CC2)c1. The molecule has 1 saturated heterocycles. The van der Waals surface area contributed by atoms with Crippen LogP contribution < -0.4 is 5.32 Å². The Balaban J connectivity index is 1.54. The van der Waals surface area contributed by atoms with Gasteiger partial charge in [0, 0.05) is 26.3 Å². The number of rotatable bonds is 6. The number of methoxy groups -OCH3 is 1. The number of hydrogen-bond donors (Lipinski definition) is 1. The van der Waals surface area contributed by atoms with E-state index < -0.39 is 0 Å². The van der Waals surface area contributed by atoms with Crippen LogP contribution in [0, 0.1) is 5.92 Å². The van der Waals surface area contributed by atoms with E-state index in [1.54, 1.807) is 7.11 Å². The van der Waals surface area contributed by atoms with Crippen LogP contribution in [0.4, 0.5) is 0 Å². The first kappa shape index (κ1) is 13.1. The molecule has 0 spiro atoms. The first-order valence-corrected chi connectivity index (χ1v) is 7.28. The molecule has 3 rings (SSSR count). The number of benzene rings is 1. The molecule has 2 atom stereocenters. The summed E-state index contributed by atoms with van der Waals surface area (Å²) in [6.07, 6.45) is 4.32. The summed E-state index contributed by atoms with van der Waals surface area (Å²) >= 11 is 0. The molecule has 0 amide bonds. The highest BCUT2D eigenvalue weighted by Crippen LogP contribution is 2.38. The maximum Gasteiger partial charge on any atom is 0.0757 e. The fraction of sp³-hybridized carbons (Fsp3) is 0.625. The van der Waals surface area contributed by atoms with E-state index in [0.29, 0.717) is 18.8 Å². The van der Waals surface area contributed by atoms with Crippen molar-refractivity contribution in [2.45, 2.75) is 44.6 Å². The summed E-state index contributed by atoms with van der Waals surface area (Å²) in [5.41, 5.74) is 2.57. The lowest BCUT2D eigenvalue weighted by Crippen LogP contribution is -2.37. The van der Waals surface area contributed by atoms with Crippen LogP contribution in [0.5, 0.6) is 0 Å². The lowest BCUT2D eigenvalue weighted by atomic mass is 10.1. The van der Waals surface area contributed by atoms with Gasteiger partial charge in [0.2, 0.25) is 0 Å². The molecule has 1 aromatic rings. The standard InChI is InChI=1S/C16H23NO2/c1-18-11-13-4-2-3-12(9-13)10-17-15-7-8-19-16(15)14-5-6-14/h2-4,9,14-17H,5-8,10-11H2,1H3. The summed E-state index contributed by atoms with van der Waals surface area (Å²) in [7, 11) is 1.74. The van der Waals surface area contributed by atoms with E-state index in [4.69, 9.17) is 9.47 Å². The lowest BCUT2D eigenvalue weighted by molar-refractivity contribution is 0.0809. The summed E-state index contributed by atoms with van der Waals surface area (Å²) in [5, 5.41) is 3.67. The third-order valence-electron chi connectivity index (χ3n) is 4.09. The zero-order chi connectivity index (χ0) is 13.1. The molecule has 1 N–H and O–H groups in total. The Bertz CT molecular complexity index is 417. The molecule has 3 heteroatoms. The van der Waals surface area contributed by atoms with Crippen molar-refractivity contribution in [1.29, 1.82) is 0 Å². The van der Waals surface area contributed by atoms with Crippen LogP contribution in [0.15, 0.2) is 24.3 Å². The number of ether oxygens (including phenoxy) is 2. The van der Waals surface area contributed by atoms with Gasteiger partial charge in [-0.2, -0.15) is 0 Å². The predicted molar refractivity (Wildman–Crippen MR) is 74.9 cm³/mol. The molecule has 1 aromatic carbocycles. The van der Waals surface area contributed by atoms with Crippen molar-refractivity contribution < 1.29 is 9.47 Å². The molecule has 0 bridgehead atoms. The van der Waals surface area contributed by atoms with Gasteiger partial charge in [0.15, 0.2) is 0 Å². The van der Waals surface area contributed by atoms with Gasteiger partial charge in [0.05, 0.1) is 12.7 Å². The zero-order valence-corrected chi connectivity index (χ0v) is 11.6. The summed E-state index contributed by atoms with van der Waals surface area (Å²) in [5.74, 6) is 0.819. The molecule has 1 heterocycles. The van der Waals surface area contributed by atoms with Gasteiger partial charge >= 0.3 is 0 Å². The summed E-state index contributed by atoms with van der Waals surface area (Å²) in [6, 6.07) is 9.15. The minimum atomic E-state index is 0.460. The minimum Gasteiger partial charge on any atom is -0.380 e. The fourth-order valence-electron chi connectivity index (χ4n) is 2.96. The second-order valence-electron chi connectivity index (χ2n) is 5.70. The molecule has 2 fully saturated rings. The number of hydrogen-bond acceptors (Lipinski definition) is 3. The maximum atomic E-state index is 5.86. The smallest absolute Gasteiger partial charge is 0.0757 e. The maximum absolute atomic E-state index is 5.86. The van der Waals surface area contributed by atoms with Crippen molar-refractivity contribution in [3.63, 3.8) is 0 Å². The summed E-state index contributed by atoms with van der Waals surface area (Å²) < 4.78 is 11.0. The van der Waals surface area contributed by atoms with Gasteiger partial charge in [0.25, 0.3) is 0 Å². The van der Waals surface area contributed by atoms with E-state index in [-0.39, 0.29) is 0 Å². The molecular weight excluding hydrogens is 238 g/mol. The average Bonchev–Trinajstić information content (AvgIpc) is 3.16. The van der Waals surface area contributed by atoms with Gasteiger partial charge < -0.3 is 14.8 Å². The average molecular weight is 261 g/mol. The lowest BCUT2D eigenvalue weighted by Gasteiger charge is -2.19. The molecule has 3 nitrogen and oxygen atoms in total. The van der Waals surface area contributed by atoms with E-state index in [2.05, 4.69) is 29.6 Å². The van der Waals surface area contributed by atoms with Crippen LogP contribution in [0.25, 0.3) is 0 Å². The van der Waals surface area contributed by atoms with Gasteiger partial charge in [-0.15, -0.1) is 0 Å². The van der Waals surface area contributed by atoms with Crippen LogP contribution in [-0.2, 0) is 22.6 Å². The Morgan fingerprint density at radius 2 is 2.11 bits per heavy atom. The third-order valence-corrected chi connectivity index (χ3v) is 4.09. The summed E-state index contributed by atoms with van der Waals surface area (Å²) in [4.78, 5) is 0. The predicted octanol–water partition coefficient (Wildman–Crippen LogP) is 2.49. The van der Waals surface area contributed by atoms with E-state index >= 15 is 0 Å². The first-order valence-electron chi connectivity index (χ1n) is 7.28. The van der Waals surface area contributed by atoms with Crippen molar-refractivity contribution in [3.05, 3.63) is 35.4 Å². The Morgan fingerprint density at radius 3 is 2.89 bits per heavy atom. The van der Waals surface area contributed by atoms with Crippen molar-refractivity contribution in [3.8, 4) is 0 Å². The second kappa shape index (κ2) is 6.04. The molecular formula is C16H23NO2. The first-order chi connectivity index (χ1) is 9.36. The van der Waals surface area contributed by atoms with Gasteiger partial charge in [-0.1, -0.05) is 24.3 Å². The quantitative estimate of drug-likeness (QED) is 0.853. The molecule has 1 saturated carbocycles. The fourth-order valence-corrected chi connectivity index (χ4v) is 2.96. The molecule has 2 aliphatic rings. The van der Waals surface area contributed by atoms with E-state index in [1.165, 1.54) is 24.0 Å². The number of nitrogens with one attached hydrogen (secondary N) is 1. The molecule has 19 heavy (non-hydrogen) atoms. The van der Waals surface area contributed by atoms with Gasteiger partial charge in [-0.3, -0.25) is 0 Å². The van der Waals surface area contributed by atoms with Crippen LogP contribution in [0.3, 0.4) is 0 Å². The van der Waals surface area contributed by atoms with Crippen LogP contribution in [-0.4, -0.2) is 25.9 Å². The minimum absolute atomic E-state index is 0.460. The van der Waals surface area contributed by atoms with Gasteiger partial charge in [-0.25, -0.2) is 0 Å². The Morgan fingerprint density at radius 1 is 1.26 bits per heavy atom. The molecule has 0 aromatic heterocycles. The van der Waals surface area contributed by atoms with Crippen molar-refractivity contribution >= 4 is 0 Å². The largest absolute Gasteiger partial charge is 0.380 e. The van der Waals surface area contributed by atoms with Gasteiger partial charge in [-0.05, 0) is 36.3 Å². The Labute approximate surface area is 115 Å². The normalized spacial score (nSPS) is 26.8. The Hall–Kier alpha value is -0.900. The van der Waals surface area contributed by atoms with E-state index in [1.807, 2.05) is 0 Å². The van der Waals surface area contributed by atoms with E-state index in [9.17, 15) is 0 Å². The van der Waals surface area contributed by atoms with Crippen LogP contribution in [0.2, 0.25) is 0 Å². The second-order valence-corrected chi connectivity index (χ2v) is 5.70. The van der Waals surface area contributed by atoms with Crippen LogP contribution >= 0.6 is 0 Å². The highest BCUT2D eigenvalue weighted by Gasteiger charge is 2.40. The summed E-state index contributed by atoms with van der Waals surface area (Å²) in [6.45, 7) is 2.53. The van der Waals surface area contributed by atoms with Crippen LogP contribution in [0.1, 0.15) is 30.4 Å².